The van der Waals surface area contributed by atoms with Crippen LogP contribution in [0.5, 0.6) is 0 Å². The van der Waals surface area contributed by atoms with Crippen molar-refractivity contribution in [1.82, 2.24) is 0 Å². The lowest BCUT2D eigenvalue weighted by molar-refractivity contribution is -0.142. The summed E-state index contributed by atoms with van der Waals surface area (Å²) in [5.74, 6) is -0.854. The Morgan fingerprint density at radius 2 is 2.27 bits per heavy atom. The van der Waals surface area contributed by atoms with E-state index in [-0.39, 0.29) is 12.2 Å². The second-order valence-corrected chi connectivity index (χ2v) is 3.30. The van der Waals surface area contributed by atoms with Gasteiger partial charge in [-0.1, -0.05) is 6.07 Å². The molecule has 1 atom stereocenters. The lowest BCUT2D eigenvalue weighted by Crippen LogP contribution is -2.09. The van der Waals surface area contributed by atoms with E-state index < -0.39 is 12.1 Å². The van der Waals surface area contributed by atoms with Gasteiger partial charge in [0.25, 0.3) is 0 Å². The summed E-state index contributed by atoms with van der Waals surface area (Å²) in [6, 6.07) is 4.04. The summed E-state index contributed by atoms with van der Waals surface area (Å²) in [7, 11) is 1.26. The van der Waals surface area contributed by atoms with Crippen molar-refractivity contribution in [3.8, 4) is 0 Å². The lowest BCUT2D eigenvalue weighted by atomic mass is 10.0. The Kier molecular flexibility index (Phi) is 3.80. The van der Waals surface area contributed by atoms with E-state index in [4.69, 9.17) is 0 Å². The number of carbonyl (C=O) groups excluding carboxylic acids is 1. The van der Waals surface area contributed by atoms with Crippen LogP contribution in [0.1, 0.15) is 23.7 Å². The van der Waals surface area contributed by atoms with Crippen molar-refractivity contribution < 1.29 is 19.0 Å². The fourth-order valence-electron chi connectivity index (χ4n) is 1.36. The molecule has 0 aromatic heterocycles. The van der Waals surface area contributed by atoms with Gasteiger partial charge in [-0.15, -0.1) is 0 Å². The van der Waals surface area contributed by atoms with Crippen molar-refractivity contribution in [2.75, 3.05) is 7.11 Å². The first-order valence-corrected chi connectivity index (χ1v) is 4.55. The first kappa shape index (κ1) is 11.7. The number of aryl methyl sites for hydroxylation is 1. The molecule has 1 aromatic carbocycles. The van der Waals surface area contributed by atoms with E-state index in [9.17, 15) is 14.3 Å². The predicted octanol–water partition coefficient (Wildman–Crippen LogP) is 1.73. The maximum atomic E-state index is 12.8. The Labute approximate surface area is 87.5 Å². The minimum Gasteiger partial charge on any atom is -0.469 e. The zero-order chi connectivity index (χ0) is 11.4. The predicted molar refractivity (Wildman–Crippen MR) is 52.7 cm³/mol. The van der Waals surface area contributed by atoms with Crippen LogP contribution in [0.15, 0.2) is 18.2 Å². The summed E-state index contributed by atoms with van der Waals surface area (Å²) < 4.78 is 17.2. The van der Waals surface area contributed by atoms with Crippen LogP contribution in [-0.4, -0.2) is 18.2 Å². The molecule has 1 N–H and O–H groups in total. The monoisotopic (exact) mass is 212 g/mol. The maximum Gasteiger partial charge on any atom is 0.308 e. The van der Waals surface area contributed by atoms with Crippen molar-refractivity contribution in [3.63, 3.8) is 0 Å². The number of rotatable bonds is 3. The summed E-state index contributed by atoms with van der Waals surface area (Å²) in [6.07, 6.45) is -1.07. The summed E-state index contributed by atoms with van der Waals surface area (Å²) in [6.45, 7) is 1.68. The van der Waals surface area contributed by atoms with Gasteiger partial charge >= 0.3 is 5.97 Å². The van der Waals surface area contributed by atoms with Gasteiger partial charge in [0.15, 0.2) is 0 Å². The van der Waals surface area contributed by atoms with Crippen molar-refractivity contribution in [1.29, 1.82) is 0 Å². The molecule has 1 rings (SSSR count). The number of aliphatic hydroxyl groups excluding tert-OH is 1. The number of benzene rings is 1. The molecular weight excluding hydrogens is 199 g/mol. The SMILES string of the molecule is COC(=O)C[C@@H](O)c1ccc(F)cc1C. The Bertz CT molecular complexity index is 363. The highest BCUT2D eigenvalue weighted by Gasteiger charge is 2.15. The fourth-order valence-corrected chi connectivity index (χ4v) is 1.36. The number of hydrogen-bond acceptors (Lipinski definition) is 3. The van der Waals surface area contributed by atoms with E-state index in [1.54, 1.807) is 6.92 Å². The van der Waals surface area contributed by atoms with Crippen molar-refractivity contribution in [2.24, 2.45) is 0 Å². The van der Waals surface area contributed by atoms with Crippen molar-refractivity contribution >= 4 is 5.97 Å². The molecule has 0 fully saturated rings. The Morgan fingerprint density at radius 1 is 1.60 bits per heavy atom. The van der Waals surface area contributed by atoms with Crippen LogP contribution in [0.3, 0.4) is 0 Å². The maximum absolute atomic E-state index is 12.8. The number of methoxy groups -OCH3 is 1. The molecule has 0 aliphatic heterocycles. The van der Waals surface area contributed by atoms with E-state index >= 15 is 0 Å². The third-order valence-corrected chi connectivity index (χ3v) is 2.18. The average Bonchev–Trinajstić information content (AvgIpc) is 2.17. The molecular formula is C11H13FO3. The highest BCUT2D eigenvalue weighted by molar-refractivity contribution is 5.70. The summed E-state index contributed by atoms with van der Waals surface area (Å²) >= 11 is 0. The van der Waals surface area contributed by atoms with Gasteiger partial charge in [0.2, 0.25) is 0 Å². The Balaban J connectivity index is 2.82. The number of aliphatic hydroxyl groups is 1. The molecule has 0 heterocycles. The van der Waals surface area contributed by atoms with Crippen LogP contribution >= 0.6 is 0 Å². The first-order chi connectivity index (χ1) is 7.04. The highest BCUT2D eigenvalue weighted by atomic mass is 19.1. The number of esters is 1. The minimum atomic E-state index is -0.946. The fraction of sp³-hybridized carbons (Fsp3) is 0.364. The van der Waals surface area contributed by atoms with E-state index in [1.165, 1.54) is 25.3 Å². The molecule has 0 unspecified atom stereocenters. The Hall–Kier alpha value is -1.42. The molecule has 1 aromatic rings. The van der Waals surface area contributed by atoms with Gasteiger partial charge in [-0.25, -0.2) is 4.39 Å². The molecule has 0 saturated carbocycles. The minimum absolute atomic E-state index is 0.122. The molecule has 15 heavy (non-hydrogen) atoms. The third-order valence-electron chi connectivity index (χ3n) is 2.18. The molecule has 3 nitrogen and oxygen atoms in total. The van der Waals surface area contributed by atoms with Crippen LogP contribution in [0.4, 0.5) is 4.39 Å². The molecule has 0 aliphatic rings. The number of carbonyl (C=O) groups is 1. The quantitative estimate of drug-likeness (QED) is 0.776. The molecule has 0 spiro atoms. The highest BCUT2D eigenvalue weighted by Crippen LogP contribution is 2.21. The van der Waals surface area contributed by atoms with E-state index in [2.05, 4.69) is 4.74 Å². The van der Waals surface area contributed by atoms with Gasteiger partial charge in [0, 0.05) is 0 Å². The van der Waals surface area contributed by atoms with Gasteiger partial charge < -0.3 is 9.84 Å². The average molecular weight is 212 g/mol. The molecule has 0 radical (unpaired) electrons. The van der Waals surface area contributed by atoms with E-state index in [0.717, 1.165) is 0 Å². The zero-order valence-corrected chi connectivity index (χ0v) is 8.66. The molecule has 0 aliphatic carbocycles. The van der Waals surface area contributed by atoms with Gasteiger partial charge in [0.1, 0.15) is 5.82 Å². The molecule has 0 saturated heterocycles. The molecule has 4 heteroatoms. The van der Waals surface area contributed by atoms with Crippen LogP contribution in [0.2, 0.25) is 0 Å². The molecule has 82 valence electrons. The number of halogens is 1. The second-order valence-electron chi connectivity index (χ2n) is 3.30. The normalized spacial score (nSPS) is 12.3. The van der Waals surface area contributed by atoms with Crippen LogP contribution < -0.4 is 0 Å². The summed E-state index contributed by atoms with van der Waals surface area (Å²) in [5, 5.41) is 9.67. The zero-order valence-electron chi connectivity index (χ0n) is 8.66. The number of ether oxygens (including phenoxy) is 1. The smallest absolute Gasteiger partial charge is 0.308 e. The largest absolute Gasteiger partial charge is 0.469 e. The number of hydrogen-bond donors (Lipinski definition) is 1. The third kappa shape index (κ3) is 3.02. The topological polar surface area (TPSA) is 46.5 Å². The van der Waals surface area contributed by atoms with Gasteiger partial charge in [-0.05, 0) is 30.2 Å². The lowest BCUT2D eigenvalue weighted by Gasteiger charge is -2.12. The van der Waals surface area contributed by atoms with Crippen LogP contribution in [0.25, 0.3) is 0 Å². The van der Waals surface area contributed by atoms with Crippen LogP contribution in [0, 0.1) is 12.7 Å². The van der Waals surface area contributed by atoms with Gasteiger partial charge in [-0.3, -0.25) is 4.79 Å². The van der Waals surface area contributed by atoms with Crippen molar-refractivity contribution in [3.05, 3.63) is 35.1 Å². The summed E-state index contributed by atoms with van der Waals surface area (Å²) in [4.78, 5) is 10.9. The van der Waals surface area contributed by atoms with E-state index in [1.807, 2.05) is 0 Å². The second kappa shape index (κ2) is 4.89. The standard InChI is InChI=1S/C11H13FO3/c1-7-5-8(12)3-4-9(7)10(13)6-11(14)15-2/h3-5,10,13H,6H2,1-2H3/t10-/m1/s1. The van der Waals surface area contributed by atoms with Gasteiger partial charge in [0.05, 0.1) is 19.6 Å². The summed E-state index contributed by atoms with van der Waals surface area (Å²) in [5.41, 5.74) is 1.16. The van der Waals surface area contributed by atoms with Gasteiger partial charge in [-0.2, -0.15) is 0 Å². The molecule has 0 bridgehead atoms. The van der Waals surface area contributed by atoms with Crippen LogP contribution in [-0.2, 0) is 9.53 Å². The first-order valence-electron chi connectivity index (χ1n) is 4.55. The van der Waals surface area contributed by atoms with Crippen molar-refractivity contribution in [2.45, 2.75) is 19.4 Å². The molecule has 0 amide bonds. The van der Waals surface area contributed by atoms with E-state index in [0.29, 0.717) is 11.1 Å². The Morgan fingerprint density at radius 3 is 2.80 bits per heavy atom.